The first-order valence-electron chi connectivity index (χ1n) is 8.76. The Hall–Kier alpha value is -2.86. The summed E-state index contributed by atoms with van der Waals surface area (Å²) in [4.78, 5) is 18.0. The molecule has 1 saturated heterocycles. The third-order valence-electron chi connectivity index (χ3n) is 4.15. The van der Waals surface area contributed by atoms with Gasteiger partial charge in [0.05, 0.1) is 26.2 Å². The molecule has 0 aromatic heterocycles. The summed E-state index contributed by atoms with van der Waals surface area (Å²) in [5.41, 5.74) is 8.23. The lowest BCUT2D eigenvalue weighted by atomic mass is 10.1. The Morgan fingerprint density at radius 2 is 1.73 bits per heavy atom. The third kappa shape index (κ3) is 5.32. The average Bonchev–Trinajstić information content (AvgIpc) is 2.67. The number of morpholine rings is 1. The van der Waals surface area contributed by atoms with Crippen molar-refractivity contribution >= 4 is 17.6 Å². The summed E-state index contributed by atoms with van der Waals surface area (Å²) in [6, 6.07) is 17.9. The molecule has 6 heteroatoms. The molecule has 1 aliphatic rings. The SMILES string of the molecule is NC(=O)Cc1ccc(NC(=NCc2ccccc2)N2CCOCC2)cc1. The molecule has 0 atom stereocenters. The molecule has 26 heavy (non-hydrogen) atoms. The molecule has 0 radical (unpaired) electrons. The summed E-state index contributed by atoms with van der Waals surface area (Å²) >= 11 is 0. The second-order valence-electron chi connectivity index (χ2n) is 6.19. The van der Waals surface area contributed by atoms with E-state index in [1.54, 1.807) is 0 Å². The molecule has 2 aromatic carbocycles. The van der Waals surface area contributed by atoms with Crippen LogP contribution in [0.15, 0.2) is 59.6 Å². The van der Waals surface area contributed by atoms with E-state index in [-0.39, 0.29) is 12.3 Å². The predicted octanol–water partition coefficient (Wildman–Crippen LogP) is 2.01. The molecule has 0 bridgehead atoms. The molecule has 0 spiro atoms. The first-order chi connectivity index (χ1) is 12.7. The van der Waals surface area contributed by atoms with Crippen molar-refractivity contribution in [3.8, 4) is 0 Å². The van der Waals surface area contributed by atoms with Crippen molar-refractivity contribution in [3.05, 3.63) is 65.7 Å². The minimum atomic E-state index is -0.330. The van der Waals surface area contributed by atoms with Gasteiger partial charge in [-0.1, -0.05) is 42.5 Å². The number of anilines is 1. The molecule has 0 unspecified atom stereocenters. The van der Waals surface area contributed by atoms with E-state index in [2.05, 4.69) is 22.3 Å². The lowest BCUT2D eigenvalue weighted by molar-refractivity contribution is -0.117. The fourth-order valence-electron chi connectivity index (χ4n) is 2.78. The van der Waals surface area contributed by atoms with E-state index in [0.29, 0.717) is 19.8 Å². The van der Waals surface area contributed by atoms with E-state index in [1.807, 2.05) is 42.5 Å². The fourth-order valence-corrected chi connectivity index (χ4v) is 2.78. The van der Waals surface area contributed by atoms with Gasteiger partial charge < -0.3 is 20.7 Å². The number of rotatable bonds is 5. The highest BCUT2D eigenvalue weighted by atomic mass is 16.5. The first kappa shape index (κ1) is 17.9. The summed E-state index contributed by atoms with van der Waals surface area (Å²) in [6.07, 6.45) is 0.249. The number of nitrogens with zero attached hydrogens (tertiary/aromatic N) is 2. The van der Waals surface area contributed by atoms with E-state index in [1.165, 1.54) is 0 Å². The van der Waals surface area contributed by atoms with Crippen molar-refractivity contribution in [2.75, 3.05) is 31.6 Å². The Labute approximate surface area is 153 Å². The van der Waals surface area contributed by atoms with Crippen molar-refractivity contribution in [2.45, 2.75) is 13.0 Å². The number of amides is 1. The number of nitrogens with one attached hydrogen (secondary N) is 1. The topological polar surface area (TPSA) is 80.0 Å². The zero-order valence-corrected chi connectivity index (χ0v) is 14.7. The van der Waals surface area contributed by atoms with Gasteiger partial charge >= 0.3 is 0 Å². The number of primary amides is 1. The number of guanidine groups is 1. The van der Waals surface area contributed by atoms with Crippen LogP contribution in [0.25, 0.3) is 0 Å². The second-order valence-corrected chi connectivity index (χ2v) is 6.19. The number of hydrogen-bond donors (Lipinski definition) is 2. The van der Waals surface area contributed by atoms with Gasteiger partial charge in [0, 0.05) is 18.8 Å². The number of carbonyl (C=O) groups is 1. The second kappa shape index (κ2) is 9.01. The van der Waals surface area contributed by atoms with Gasteiger partial charge in [-0.05, 0) is 23.3 Å². The van der Waals surface area contributed by atoms with Crippen molar-refractivity contribution in [3.63, 3.8) is 0 Å². The summed E-state index contributed by atoms with van der Waals surface area (Å²) in [5, 5.41) is 3.40. The van der Waals surface area contributed by atoms with Crippen LogP contribution in [0.1, 0.15) is 11.1 Å². The van der Waals surface area contributed by atoms with Crippen molar-refractivity contribution in [2.24, 2.45) is 10.7 Å². The average molecular weight is 352 g/mol. The molecule has 1 aliphatic heterocycles. The standard InChI is InChI=1S/C20H24N4O2/c21-19(25)14-16-6-8-18(9-7-16)23-20(24-10-12-26-13-11-24)22-15-17-4-2-1-3-5-17/h1-9H,10-15H2,(H2,21,25)(H,22,23). The van der Waals surface area contributed by atoms with Crippen LogP contribution < -0.4 is 11.1 Å². The van der Waals surface area contributed by atoms with Crippen molar-refractivity contribution < 1.29 is 9.53 Å². The van der Waals surface area contributed by atoms with E-state index >= 15 is 0 Å². The number of ether oxygens (including phenoxy) is 1. The van der Waals surface area contributed by atoms with Gasteiger partial charge in [0.15, 0.2) is 5.96 Å². The molecule has 1 fully saturated rings. The molecule has 3 N–H and O–H groups in total. The smallest absolute Gasteiger partial charge is 0.221 e. The highest BCUT2D eigenvalue weighted by Crippen LogP contribution is 2.12. The Bertz CT molecular complexity index is 738. The molecule has 1 amide bonds. The van der Waals surface area contributed by atoms with Gasteiger partial charge in [-0.25, -0.2) is 4.99 Å². The van der Waals surface area contributed by atoms with Gasteiger partial charge in [0.1, 0.15) is 0 Å². The normalized spacial score (nSPS) is 14.9. The van der Waals surface area contributed by atoms with Crippen LogP contribution in [0, 0.1) is 0 Å². The molecule has 136 valence electrons. The monoisotopic (exact) mass is 352 g/mol. The molecule has 0 saturated carbocycles. The Morgan fingerprint density at radius 3 is 2.38 bits per heavy atom. The highest BCUT2D eigenvalue weighted by molar-refractivity contribution is 5.93. The van der Waals surface area contributed by atoms with E-state index < -0.39 is 0 Å². The Kier molecular flexibility index (Phi) is 6.22. The summed E-state index contributed by atoms with van der Waals surface area (Å²) in [5.74, 6) is 0.504. The minimum Gasteiger partial charge on any atom is -0.378 e. The zero-order valence-electron chi connectivity index (χ0n) is 14.7. The van der Waals surface area contributed by atoms with Crippen LogP contribution in [0.2, 0.25) is 0 Å². The molecule has 1 heterocycles. The van der Waals surface area contributed by atoms with Crippen molar-refractivity contribution in [1.82, 2.24) is 4.90 Å². The van der Waals surface area contributed by atoms with E-state index in [0.717, 1.165) is 35.9 Å². The quantitative estimate of drug-likeness (QED) is 0.637. The fraction of sp³-hybridized carbons (Fsp3) is 0.300. The maximum absolute atomic E-state index is 11.0. The summed E-state index contributed by atoms with van der Waals surface area (Å²) < 4.78 is 5.45. The predicted molar refractivity (Wildman–Crippen MR) is 103 cm³/mol. The molecular weight excluding hydrogens is 328 g/mol. The number of aliphatic imine (C=N–C) groups is 1. The van der Waals surface area contributed by atoms with Gasteiger partial charge in [-0.2, -0.15) is 0 Å². The number of benzene rings is 2. The van der Waals surface area contributed by atoms with Crippen LogP contribution in [0.3, 0.4) is 0 Å². The molecule has 2 aromatic rings. The van der Waals surface area contributed by atoms with Crippen LogP contribution in [0.4, 0.5) is 5.69 Å². The maximum Gasteiger partial charge on any atom is 0.221 e. The minimum absolute atomic E-state index is 0.249. The maximum atomic E-state index is 11.0. The van der Waals surface area contributed by atoms with Gasteiger partial charge in [0.2, 0.25) is 5.91 Å². The molecular formula is C20H24N4O2. The highest BCUT2D eigenvalue weighted by Gasteiger charge is 2.15. The lowest BCUT2D eigenvalue weighted by Gasteiger charge is -2.30. The Balaban J connectivity index is 1.73. The summed E-state index contributed by atoms with van der Waals surface area (Å²) in [7, 11) is 0. The van der Waals surface area contributed by atoms with Gasteiger partial charge in [-0.3, -0.25) is 4.79 Å². The zero-order chi connectivity index (χ0) is 18.2. The van der Waals surface area contributed by atoms with Crippen LogP contribution >= 0.6 is 0 Å². The van der Waals surface area contributed by atoms with Gasteiger partial charge in [-0.15, -0.1) is 0 Å². The Morgan fingerprint density at radius 1 is 1.04 bits per heavy atom. The van der Waals surface area contributed by atoms with Crippen LogP contribution in [0.5, 0.6) is 0 Å². The van der Waals surface area contributed by atoms with Crippen LogP contribution in [-0.2, 0) is 22.5 Å². The number of hydrogen-bond acceptors (Lipinski definition) is 3. The van der Waals surface area contributed by atoms with Crippen LogP contribution in [-0.4, -0.2) is 43.1 Å². The van der Waals surface area contributed by atoms with Crippen molar-refractivity contribution in [1.29, 1.82) is 0 Å². The number of carbonyl (C=O) groups excluding carboxylic acids is 1. The van der Waals surface area contributed by atoms with E-state index in [4.69, 9.17) is 15.5 Å². The number of nitrogens with two attached hydrogens (primary N) is 1. The third-order valence-corrected chi connectivity index (χ3v) is 4.15. The molecule has 6 nitrogen and oxygen atoms in total. The molecule has 3 rings (SSSR count). The van der Waals surface area contributed by atoms with E-state index in [9.17, 15) is 4.79 Å². The lowest BCUT2D eigenvalue weighted by Crippen LogP contribution is -2.44. The van der Waals surface area contributed by atoms with Gasteiger partial charge in [0.25, 0.3) is 0 Å². The largest absolute Gasteiger partial charge is 0.378 e. The summed E-state index contributed by atoms with van der Waals surface area (Å²) in [6.45, 7) is 3.62. The first-order valence-corrected chi connectivity index (χ1v) is 8.76. The molecule has 0 aliphatic carbocycles.